The molecule has 2 rings (SSSR count). The lowest BCUT2D eigenvalue weighted by Gasteiger charge is -2.09. The van der Waals surface area contributed by atoms with Crippen molar-refractivity contribution in [3.63, 3.8) is 0 Å². The molecule has 0 spiro atoms. The molecule has 0 aliphatic rings. The van der Waals surface area contributed by atoms with E-state index >= 15 is 0 Å². The van der Waals surface area contributed by atoms with Gasteiger partial charge in [-0.15, -0.1) is 0 Å². The molecule has 6 nitrogen and oxygen atoms in total. The highest BCUT2D eigenvalue weighted by Crippen LogP contribution is 2.34. The molecule has 110 valence electrons. The predicted octanol–water partition coefficient (Wildman–Crippen LogP) is 3.12. The number of nitrogens with one attached hydrogen (secondary N) is 1. The van der Waals surface area contributed by atoms with Crippen LogP contribution in [0.25, 0.3) is 0 Å². The molecule has 0 amide bonds. The summed E-state index contributed by atoms with van der Waals surface area (Å²) in [6.45, 7) is 0.750. The summed E-state index contributed by atoms with van der Waals surface area (Å²) in [6, 6.07) is 11.7. The van der Waals surface area contributed by atoms with Crippen LogP contribution in [0.1, 0.15) is 5.56 Å². The Balaban J connectivity index is 2.26. The van der Waals surface area contributed by atoms with Gasteiger partial charge in [-0.25, -0.2) is 0 Å². The highest BCUT2D eigenvalue weighted by atomic mass is 16.6. The van der Waals surface area contributed by atoms with E-state index in [1.165, 1.54) is 25.3 Å². The average Bonchev–Trinajstić information content (AvgIpc) is 2.49. The van der Waals surface area contributed by atoms with Crippen molar-refractivity contribution in [2.24, 2.45) is 0 Å². The number of nitro groups is 1. The van der Waals surface area contributed by atoms with Crippen molar-refractivity contribution >= 4 is 5.69 Å². The van der Waals surface area contributed by atoms with Crippen LogP contribution < -0.4 is 14.8 Å². The molecule has 0 aromatic heterocycles. The highest BCUT2D eigenvalue weighted by molar-refractivity contribution is 5.52. The molecule has 21 heavy (non-hydrogen) atoms. The predicted molar refractivity (Wildman–Crippen MR) is 78.9 cm³/mol. The number of rotatable bonds is 6. The fourth-order valence-corrected chi connectivity index (χ4v) is 1.86. The minimum absolute atomic E-state index is 0.102. The second kappa shape index (κ2) is 6.71. The summed E-state index contributed by atoms with van der Waals surface area (Å²) in [5, 5.41) is 14.1. The van der Waals surface area contributed by atoms with Gasteiger partial charge in [-0.05, 0) is 30.8 Å². The second-order valence-corrected chi connectivity index (χ2v) is 4.37. The van der Waals surface area contributed by atoms with E-state index in [1.54, 1.807) is 12.1 Å². The second-order valence-electron chi connectivity index (χ2n) is 4.37. The van der Waals surface area contributed by atoms with Gasteiger partial charge >= 0.3 is 5.69 Å². The van der Waals surface area contributed by atoms with Crippen LogP contribution in [0, 0.1) is 10.1 Å². The number of benzene rings is 2. The van der Waals surface area contributed by atoms with Gasteiger partial charge in [0, 0.05) is 18.7 Å². The third-order valence-corrected chi connectivity index (χ3v) is 2.90. The molecule has 0 atom stereocenters. The lowest BCUT2D eigenvalue weighted by molar-refractivity contribution is -0.385. The molecule has 0 radical (unpaired) electrons. The van der Waals surface area contributed by atoms with Gasteiger partial charge in [0.1, 0.15) is 11.5 Å². The van der Waals surface area contributed by atoms with E-state index in [2.05, 4.69) is 5.32 Å². The zero-order valence-electron chi connectivity index (χ0n) is 11.8. The molecule has 0 heterocycles. The molecule has 2 aromatic carbocycles. The zero-order valence-corrected chi connectivity index (χ0v) is 11.8. The average molecular weight is 288 g/mol. The molecular weight excluding hydrogens is 272 g/mol. The highest BCUT2D eigenvalue weighted by Gasteiger charge is 2.16. The van der Waals surface area contributed by atoms with Gasteiger partial charge < -0.3 is 14.8 Å². The fraction of sp³-hybridized carbons (Fsp3) is 0.200. The normalized spacial score (nSPS) is 10.2. The zero-order chi connectivity index (χ0) is 15.2. The van der Waals surface area contributed by atoms with Gasteiger partial charge in [-0.1, -0.05) is 12.1 Å². The van der Waals surface area contributed by atoms with Gasteiger partial charge in [-0.3, -0.25) is 10.1 Å². The third-order valence-electron chi connectivity index (χ3n) is 2.90. The van der Waals surface area contributed by atoms with Crippen LogP contribution in [-0.2, 0) is 6.54 Å². The minimum atomic E-state index is -0.482. The Kier molecular flexibility index (Phi) is 4.73. The molecule has 0 saturated heterocycles. The number of hydrogen-bond donors (Lipinski definition) is 1. The number of ether oxygens (including phenoxy) is 2. The van der Waals surface area contributed by atoms with Crippen LogP contribution in [0.15, 0.2) is 42.5 Å². The van der Waals surface area contributed by atoms with E-state index in [4.69, 9.17) is 9.47 Å². The Morgan fingerprint density at radius 3 is 2.38 bits per heavy atom. The number of hydrogen-bond acceptors (Lipinski definition) is 5. The number of nitro benzene ring substituents is 1. The molecule has 0 unspecified atom stereocenters. The Labute approximate surface area is 122 Å². The van der Waals surface area contributed by atoms with Gasteiger partial charge in [0.05, 0.1) is 12.0 Å². The summed E-state index contributed by atoms with van der Waals surface area (Å²) < 4.78 is 10.7. The van der Waals surface area contributed by atoms with E-state index in [0.29, 0.717) is 11.5 Å². The van der Waals surface area contributed by atoms with Crippen LogP contribution in [0.4, 0.5) is 5.69 Å². The van der Waals surface area contributed by atoms with Crippen molar-refractivity contribution in [2.45, 2.75) is 6.54 Å². The number of methoxy groups -OCH3 is 1. The van der Waals surface area contributed by atoms with Crippen molar-refractivity contribution in [2.75, 3.05) is 14.2 Å². The van der Waals surface area contributed by atoms with E-state index in [1.807, 2.05) is 19.2 Å². The van der Waals surface area contributed by atoms with Crippen LogP contribution in [-0.4, -0.2) is 19.1 Å². The van der Waals surface area contributed by atoms with Crippen molar-refractivity contribution in [1.82, 2.24) is 5.32 Å². The molecule has 6 heteroatoms. The standard InChI is InChI=1S/C15H16N2O4/c1-16-10-11-3-5-12(6-4-11)21-15-9-13(20-2)7-8-14(15)17(18)19/h3-9,16H,10H2,1-2H3. The Morgan fingerprint density at radius 2 is 1.81 bits per heavy atom. The van der Waals surface area contributed by atoms with Crippen molar-refractivity contribution in [1.29, 1.82) is 0 Å². The summed E-state index contributed by atoms with van der Waals surface area (Å²) in [6.07, 6.45) is 0. The molecule has 0 saturated carbocycles. The van der Waals surface area contributed by atoms with E-state index in [-0.39, 0.29) is 11.4 Å². The van der Waals surface area contributed by atoms with E-state index < -0.39 is 4.92 Å². The first-order chi connectivity index (χ1) is 10.1. The smallest absolute Gasteiger partial charge is 0.311 e. The first kappa shape index (κ1) is 14.8. The number of nitrogens with zero attached hydrogens (tertiary/aromatic N) is 1. The first-order valence-electron chi connectivity index (χ1n) is 6.38. The fourth-order valence-electron chi connectivity index (χ4n) is 1.86. The summed E-state index contributed by atoms with van der Waals surface area (Å²) in [5.74, 6) is 1.19. The van der Waals surface area contributed by atoms with Crippen LogP contribution in [0.3, 0.4) is 0 Å². The van der Waals surface area contributed by atoms with Crippen molar-refractivity contribution < 1.29 is 14.4 Å². The lowest BCUT2D eigenvalue weighted by Crippen LogP contribution is -2.04. The quantitative estimate of drug-likeness (QED) is 0.653. The SMILES string of the molecule is CNCc1ccc(Oc2cc(OC)ccc2[N+](=O)[O-])cc1. The first-order valence-corrected chi connectivity index (χ1v) is 6.38. The Hall–Kier alpha value is -2.60. The van der Waals surface area contributed by atoms with Crippen molar-refractivity contribution in [3.05, 3.63) is 58.1 Å². The maximum Gasteiger partial charge on any atom is 0.311 e. The lowest BCUT2D eigenvalue weighted by atomic mass is 10.2. The van der Waals surface area contributed by atoms with Gasteiger partial charge in [-0.2, -0.15) is 0 Å². The van der Waals surface area contributed by atoms with E-state index in [0.717, 1.165) is 12.1 Å². The molecule has 0 bridgehead atoms. The van der Waals surface area contributed by atoms with Crippen LogP contribution in [0.5, 0.6) is 17.2 Å². The molecule has 2 aromatic rings. The molecular formula is C15H16N2O4. The maximum atomic E-state index is 11.0. The Bertz CT molecular complexity index is 626. The topological polar surface area (TPSA) is 73.6 Å². The molecule has 0 aliphatic carbocycles. The molecule has 0 fully saturated rings. The third kappa shape index (κ3) is 3.70. The largest absolute Gasteiger partial charge is 0.497 e. The molecule has 0 aliphatic heterocycles. The molecule has 1 N–H and O–H groups in total. The summed E-state index contributed by atoms with van der Waals surface area (Å²) >= 11 is 0. The summed E-state index contributed by atoms with van der Waals surface area (Å²) in [5.41, 5.74) is 1.00. The minimum Gasteiger partial charge on any atom is -0.497 e. The van der Waals surface area contributed by atoms with Gasteiger partial charge in [0.2, 0.25) is 5.75 Å². The van der Waals surface area contributed by atoms with Crippen LogP contribution in [0.2, 0.25) is 0 Å². The summed E-state index contributed by atoms with van der Waals surface area (Å²) in [4.78, 5) is 10.5. The summed E-state index contributed by atoms with van der Waals surface area (Å²) in [7, 11) is 3.36. The maximum absolute atomic E-state index is 11.0. The van der Waals surface area contributed by atoms with Crippen LogP contribution >= 0.6 is 0 Å². The van der Waals surface area contributed by atoms with Gasteiger partial charge in [0.25, 0.3) is 0 Å². The van der Waals surface area contributed by atoms with Crippen molar-refractivity contribution in [3.8, 4) is 17.2 Å². The van der Waals surface area contributed by atoms with Gasteiger partial charge in [0.15, 0.2) is 0 Å². The Morgan fingerprint density at radius 1 is 1.14 bits per heavy atom. The monoisotopic (exact) mass is 288 g/mol. The van der Waals surface area contributed by atoms with E-state index in [9.17, 15) is 10.1 Å².